The van der Waals surface area contributed by atoms with Crippen LogP contribution < -0.4 is 5.32 Å². The van der Waals surface area contributed by atoms with Gasteiger partial charge >= 0.3 is 0 Å². The second kappa shape index (κ2) is 6.26. The number of rotatable bonds is 4. The first-order valence-corrected chi connectivity index (χ1v) is 10.2. The zero-order chi connectivity index (χ0) is 18.6. The average Bonchev–Trinajstić information content (AvgIpc) is 3.24. The second-order valence-electron chi connectivity index (χ2n) is 8.61. The molecule has 2 aromatic rings. The van der Waals surface area contributed by atoms with Gasteiger partial charge in [-0.25, -0.2) is 9.37 Å². The lowest BCUT2D eigenvalue weighted by Gasteiger charge is -2.46. The van der Waals surface area contributed by atoms with Crippen molar-refractivity contribution in [1.29, 1.82) is 0 Å². The number of nitrogens with zero attached hydrogens (tertiary/aromatic N) is 2. The minimum Gasteiger partial charge on any atom is -0.322 e. The average molecular weight is 367 g/mol. The van der Waals surface area contributed by atoms with Crippen molar-refractivity contribution in [2.24, 2.45) is 11.3 Å². The molecule has 0 spiro atoms. The summed E-state index contributed by atoms with van der Waals surface area (Å²) in [4.78, 5) is 17.9. The summed E-state index contributed by atoms with van der Waals surface area (Å²) < 4.78 is 16.7. The van der Waals surface area contributed by atoms with Crippen molar-refractivity contribution < 1.29 is 9.18 Å². The van der Waals surface area contributed by atoms with Gasteiger partial charge in [0.1, 0.15) is 11.6 Å². The van der Waals surface area contributed by atoms with Crippen LogP contribution in [-0.2, 0) is 4.79 Å². The van der Waals surface area contributed by atoms with Crippen LogP contribution in [0.3, 0.4) is 0 Å². The summed E-state index contributed by atoms with van der Waals surface area (Å²) in [6.07, 6.45) is 9.01. The molecule has 2 fully saturated rings. The number of ketones is 1. The maximum absolute atomic E-state index is 14.7. The van der Waals surface area contributed by atoms with Gasteiger partial charge in [0.25, 0.3) is 0 Å². The van der Waals surface area contributed by atoms with Gasteiger partial charge in [0.2, 0.25) is 0 Å². The molecule has 2 aliphatic heterocycles. The molecule has 3 aliphatic rings. The molecule has 0 amide bonds. The fraction of sp³-hybridized carbons (Fsp3) is 0.545. The highest BCUT2D eigenvalue weighted by Crippen LogP contribution is 2.49. The molecule has 1 saturated heterocycles. The number of carbonyl (C=O) groups excluding carboxylic acids is 1. The molecule has 4 nitrogen and oxygen atoms in total. The van der Waals surface area contributed by atoms with E-state index in [4.69, 9.17) is 0 Å². The highest BCUT2D eigenvalue weighted by Gasteiger charge is 2.47. The van der Waals surface area contributed by atoms with Gasteiger partial charge in [0, 0.05) is 29.0 Å². The van der Waals surface area contributed by atoms with Crippen LogP contribution in [0.1, 0.15) is 57.1 Å². The van der Waals surface area contributed by atoms with Crippen molar-refractivity contribution >= 4 is 5.78 Å². The number of benzene rings is 1. The number of nitrogens with one attached hydrogen (secondary N) is 1. The Morgan fingerprint density at radius 3 is 3.11 bits per heavy atom. The van der Waals surface area contributed by atoms with Gasteiger partial charge in [-0.2, -0.15) is 0 Å². The monoisotopic (exact) mass is 367 g/mol. The topological polar surface area (TPSA) is 46.9 Å². The number of hydrogen-bond donors (Lipinski definition) is 1. The Morgan fingerprint density at radius 2 is 2.30 bits per heavy atom. The fourth-order valence-corrected chi connectivity index (χ4v) is 5.85. The van der Waals surface area contributed by atoms with E-state index >= 15 is 0 Å². The summed E-state index contributed by atoms with van der Waals surface area (Å²) in [6.45, 7) is 3.22. The molecule has 1 aromatic heterocycles. The predicted octanol–water partition coefficient (Wildman–Crippen LogP) is 4.11. The summed E-state index contributed by atoms with van der Waals surface area (Å²) >= 11 is 0. The highest BCUT2D eigenvalue weighted by molar-refractivity contribution is 5.87. The standard InChI is InChI=1S/C22H26FN3O/c1-2-22(10-14-6-7-25-15(8-14)11-22)20(27)9-18-21-16(4-3-5-17(21)23)19-12-24-13-26(18)19/h3-5,12-15,18,25H,2,6-11H2,1H3. The Bertz CT molecular complexity index is 877. The van der Waals surface area contributed by atoms with Crippen LogP contribution in [0.2, 0.25) is 0 Å². The van der Waals surface area contributed by atoms with Crippen LogP contribution in [0, 0.1) is 17.2 Å². The number of fused-ring (bicyclic) bond motifs is 5. The molecule has 1 saturated carbocycles. The Labute approximate surface area is 159 Å². The first-order chi connectivity index (χ1) is 13.1. The summed E-state index contributed by atoms with van der Waals surface area (Å²) in [5.74, 6) is 0.719. The van der Waals surface area contributed by atoms with E-state index in [1.807, 2.05) is 10.6 Å². The number of Topliss-reactive ketones (excluding diaryl/α,β-unsaturated/α-hetero) is 1. The number of halogens is 1. The smallest absolute Gasteiger partial charge is 0.141 e. The SMILES string of the molecule is CCC1(C(=O)CC2c3c(F)cccc3-c3cncn32)CC2CCNC(C2)C1. The van der Waals surface area contributed by atoms with Gasteiger partial charge in [0.15, 0.2) is 0 Å². The van der Waals surface area contributed by atoms with E-state index in [1.165, 1.54) is 12.5 Å². The van der Waals surface area contributed by atoms with Crippen LogP contribution in [0.25, 0.3) is 11.3 Å². The first-order valence-electron chi connectivity index (χ1n) is 10.2. The Hall–Kier alpha value is -2.01. The maximum Gasteiger partial charge on any atom is 0.141 e. The molecule has 3 heterocycles. The minimum absolute atomic E-state index is 0.221. The zero-order valence-electron chi connectivity index (χ0n) is 15.7. The Morgan fingerprint density at radius 1 is 1.41 bits per heavy atom. The quantitative estimate of drug-likeness (QED) is 0.885. The van der Waals surface area contributed by atoms with Gasteiger partial charge in [-0.05, 0) is 50.6 Å². The van der Waals surface area contributed by atoms with E-state index in [-0.39, 0.29) is 17.3 Å². The maximum atomic E-state index is 14.7. The fourth-order valence-electron chi connectivity index (χ4n) is 5.85. The highest BCUT2D eigenvalue weighted by atomic mass is 19.1. The normalized spacial score (nSPS) is 31.4. The molecule has 5 rings (SSSR count). The third kappa shape index (κ3) is 2.59. The molecular weight excluding hydrogens is 341 g/mol. The number of piperidine rings is 1. The van der Waals surface area contributed by atoms with Crippen molar-refractivity contribution in [3.63, 3.8) is 0 Å². The molecule has 5 heteroatoms. The van der Waals surface area contributed by atoms with E-state index in [2.05, 4.69) is 17.2 Å². The number of hydrogen-bond acceptors (Lipinski definition) is 3. The van der Waals surface area contributed by atoms with Gasteiger partial charge in [-0.15, -0.1) is 0 Å². The molecule has 2 bridgehead atoms. The van der Waals surface area contributed by atoms with Crippen LogP contribution in [-0.4, -0.2) is 27.9 Å². The summed E-state index contributed by atoms with van der Waals surface area (Å²) in [5.41, 5.74) is 2.17. The number of imidazole rings is 1. The van der Waals surface area contributed by atoms with Gasteiger partial charge in [0.05, 0.1) is 24.3 Å². The van der Waals surface area contributed by atoms with Crippen molar-refractivity contribution in [3.8, 4) is 11.3 Å². The molecule has 4 unspecified atom stereocenters. The molecule has 4 atom stereocenters. The van der Waals surface area contributed by atoms with Gasteiger partial charge in [-0.3, -0.25) is 4.79 Å². The zero-order valence-corrected chi connectivity index (χ0v) is 15.7. The molecule has 27 heavy (non-hydrogen) atoms. The Kier molecular flexibility index (Phi) is 3.97. The second-order valence-corrected chi connectivity index (χ2v) is 8.61. The summed E-state index contributed by atoms with van der Waals surface area (Å²) in [7, 11) is 0. The number of carbonyl (C=O) groups is 1. The lowest BCUT2D eigenvalue weighted by atomic mass is 9.61. The molecule has 142 valence electrons. The van der Waals surface area contributed by atoms with Gasteiger partial charge < -0.3 is 9.88 Å². The molecule has 1 N–H and O–H groups in total. The predicted molar refractivity (Wildman–Crippen MR) is 102 cm³/mol. The molecule has 1 aromatic carbocycles. The van der Waals surface area contributed by atoms with Crippen molar-refractivity contribution in [1.82, 2.24) is 14.9 Å². The van der Waals surface area contributed by atoms with Gasteiger partial charge in [-0.1, -0.05) is 19.1 Å². The van der Waals surface area contributed by atoms with E-state index in [9.17, 15) is 9.18 Å². The lowest BCUT2D eigenvalue weighted by molar-refractivity contribution is -0.133. The first kappa shape index (κ1) is 17.1. The Balaban J connectivity index is 1.48. The van der Waals surface area contributed by atoms with E-state index in [0.717, 1.165) is 43.5 Å². The van der Waals surface area contributed by atoms with Crippen LogP contribution in [0.5, 0.6) is 0 Å². The van der Waals surface area contributed by atoms with Crippen LogP contribution in [0.15, 0.2) is 30.7 Å². The minimum atomic E-state index is -0.274. The summed E-state index contributed by atoms with van der Waals surface area (Å²) in [5, 5.41) is 3.60. The van der Waals surface area contributed by atoms with Crippen LogP contribution in [0.4, 0.5) is 4.39 Å². The van der Waals surface area contributed by atoms with E-state index < -0.39 is 0 Å². The number of aromatic nitrogens is 2. The van der Waals surface area contributed by atoms with E-state index in [0.29, 0.717) is 29.7 Å². The van der Waals surface area contributed by atoms with Crippen molar-refractivity contribution in [3.05, 3.63) is 42.1 Å². The third-order valence-corrected chi connectivity index (χ3v) is 7.23. The van der Waals surface area contributed by atoms with E-state index in [1.54, 1.807) is 18.6 Å². The van der Waals surface area contributed by atoms with Crippen LogP contribution >= 0.6 is 0 Å². The molecule has 0 radical (unpaired) electrons. The van der Waals surface area contributed by atoms with Crippen molar-refractivity contribution in [2.75, 3.05) is 6.54 Å². The molecule has 1 aliphatic carbocycles. The lowest BCUT2D eigenvalue weighted by Crippen LogP contribution is -2.50. The molecular formula is C22H26FN3O. The third-order valence-electron chi connectivity index (χ3n) is 7.23. The summed E-state index contributed by atoms with van der Waals surface area (Å²) in [6, 6.07) is 5.35. The largest absolute Gasteiger partial charge is 0.322 e. The van der Waals surface area contributed by atoms with Crippen molar-refractivity contribution in [2.45, 2.75) is 57.5 Å².